The Morgan fingerprint density at radius 2 is 1.73 bits per heavy atom. The van der Waals surface area contributed by atoms with Crippen LogP contribution in [-0.4, -0.2) is 12.8 Å². The van der Waals surface area contributed by atoms with Crippen molar-refractivity contribution in [1.29, 1.82) is 0 Å². The smallest absolute Gasteiger partial charge is 0.315 e. The van der Waals surface area contributed by atoms with E-state index in [-0.39, 0.29) is 25.2 Å². The van der Waals surface area contributed by atoms with Gasteiger partial charge >= 0.3 is 6.03 Å². The average Bonchev–Trinajstić information content (AvgIpc) is 2.98. The van der Waals surface area contributed by atoms with Crippen LogP contribution >= 0.6 is 0 Å². The van der Waals surface area contributed by atoms with Gasteiger partial charge in [-0.3, -0.25) is 0 Å². The molecule has 1 heterocycles. The van der Waals surface area contributed by atoms with E-state index in [4.69, 9.17) is 9.47 Å². The standard InChI is InChI=1S/C16H15FN2O3/c17-13-3-1-2-11(6-13)8-18-16(20)19-9-12-4-5-14-15(7-12)22-10-21-14/h1-7H,8-10H2,(H2,18,19,20). The number of hydrogen-bond donors (Lipinski definition) is 2. The normalized spacial score (nSPS) is 12.0. The largest absolute Gasteiger partial charge is 0.454 e. The third-order valence-corrected chi connectivity index (χ3v) is 3.23. The summed E-state index contributed by atoms with van der Waals surface area (Å²) in [7, 11) is 0. The summed E-state index contributed by atoms with van der Waals surface area (Å²) in [5.74, 6) is 1.07. The molecule has 6 heteroatoms. The molecular weight excluding hydrogens is 287 g/mol. The van der Waals surface area contributed by atoms with Gasteiger partial charge in [0.25, 0.3) is 0 Å². The number of nitrogens with one attached hydrogen (secondary N) is 2. The first-order valence-electron chi connectivity index (χ1n) is 6.85. The molecule has 0 unspecified atom stereocenters. The summed E-state index contributed by atoms with van der Waals surface area (Å²) in [6.07, 6.45) is 0. The maximum atomic E-state index is 13.0. The fourth-order valence-electron chi connectivity index (χ4n) is 2.13. The van der Waals surface area contributed by atoms with Crippen LogP contribution < -0.4 is 20.1 Å². The molecule has 0 spiro atoms. The van der Waals surface area contributed by atoms with Crippen LogP contribution in [0.3, 0.4) is 0 Å². The van der Waals surface area contributed by atoms with Crippen molar-refractivity contribution < 1.29 is 18.7 Å². The summed E-state index contributed by atoms with van der Waals surface area (Å²) >= 11 is 0. The van der Waals surface area contributed by atoms with Crippen molar-refractivity contribution in [3.05, 3.63) is 59.4 Å². The van der Waals surface area contributed by atoms with Crippen LogP contribution in [0.5, 0.6) is 11.5 Å². The lowest BCUT2D eigenvalue weighted by molar-refractivity contribution is 0.174. The molecule has 2 N–H and O–H groups in total. The van der Waals surface area contributed by atoms with Crippen molar-refractivity contribution in [3.63, 3.8) is 0 Å². The van der Waals surface area contributed by atoms with Crippen molar-refractivity contribution in [1.82, 2.24) is 10.6 Å². The Kier molecular flexibility index (Phi) is 4.09. The average molecular weight is 302 g/mol. The molecule has 0 radical (unpaired) electrons. The van der Waals surface area contributed by atoms with Gasteiger partial charge in [0, 0.05) is 13.1 Å². The highest BCUT2D eigenvalue weighted by Crippen LogP contribution is 2.32. The Bertz CT molecular complexity index is 691. The number of hydrogen-bond acceptors (Lipinski definition) is 3. The maximum absolute atomic E-state index is 13.0. The molecule has 1 aliphatic heterocycles. The predicted molar refractivity (Wildman–Crippen MR) is 78.0 cm³/mol. The highest BCUT2D eigenvalue weighted by molar-refractivity contribution is 5.73. The molecular formula is C16H15FN2O3. The van der Waals surface area contributed by atoms with Crippen LogP contribution in [-0.2, 0) is 13.1 Å². The number of halogens is 1. The fourth-order valence-corrected chi connectivity index (χ4v) is 2.13. The van der Waals surface area contributed by atoms with Gasteiger partial charge in [0.1, 0.15) is 5.82 Å². The van der Waals surface area contributed by atoms with Gasteiger partial charge in [-0.1, -0.05) is 18.2 Å². The second kappa shape index (κ2) is 6.34. The summed E-state index contributed by atoms with van der Waals surface area (Å²) < 4.78 is 23.5. The van der Waals surface area contributed by atoms with Crippen LogP contribution in [0.2, 0.25) is 0 Å². The number of carbonyl (C=O) groups is 1. The number of rotatable bonds is 4. The molecule has 2 aromatic rings. The highest BCUT2D eigenvalue weighted by atomic mass is 19.1. The molecule has 0 bridgehead atoms. The molecule has 0 aromatic heterocycles. The van der Waals surface area contributed by atoms with Crippen LogP contribution in [0, 0.1) is 5.82 Å². The van der Waals surface area contributed by atoms with Gasteiger partial charge in [-0.25, -0.2) is 9.18 Å². The highest BCUT2D eigenvalue weighted by Gasteiger charge is 2.13. The van der Waals surface area contributed by atoms with E-state index < -0.39 is 0 Å². The molecule has 0 atom stereocenters. The van der Waals surface area contributed by atoms with Crippen molar-refractivity contribution in [2.75, 3.05) is 6.79 Å². The number of carbonyl (C=O) groups excluding carboxylic acids is 1. The molecule has 0 aliphatic carbocycles. The van der Waals surface area contributed by atoms with E-state index in [1.54, 1.807) is 12.1 Å². The second-order valence-corrected chi connectivity index (χ2v) is 4.85. The van der Waals surface area contributed by atoms with Crippen molar-refractivity contribution in [2.24, 2.45) is 0 Å². The molecule has 0 saturated carbocycles. The van der Waals surface area contributed by atoms with Crippen LogP contribution in [0.15, 0.2) is 42.5 Å². The third kappa shape index (κ3) is 3.46. The Morgan fingerprint density at radius 1 is 1.00 bits per heavy atom. The summed E-state index contributed by atoms with van der Waals surface area (Å²) in [5, 5.41) is 5.41. The van der Waals surface area contributed by atoms with E-state index in [1.165, 1.54) is 12.1 Å². The molecule has 0 saturated heterocycles. The van der Waals surface area contributed by atoms with Crippen LogP contribution in [0.1, 0.15) is 11.1 Å². The zero-order valence-electron chi connectivity index (χ0n) is 11.8. The van der Waals surface area contributed by atoms with E-state index in [1.807, 2.05) is 18.2 Å². The predicted octanol–water partition coefficient (Wildman–Crippen LogP) is 2.55. The number of fused-ring (bicyclic) bond motifs is 1. The van der Waals surface area contributed by atoms with Gasteiger partial charge in [0.15, 0.2) is 11.5 Å². The first-order chi connectivity index (χ1) is 10.7. The summed E-state index contributed by atoms with van der Waals surface area (Å²) in [4.78, 5) is 11.7. The summed E-state index contributed by atoms with van der Waals surface area (Å²) in [5.41, 5.74) is 1.61. The number of urea groups is 1. The van der Waals surface area contributed by atoms with Crippen LogP contribution in [0.25, 0.3) is 0 Å². The second-order valence-electron chi connectivity index (χ2n) is 4.85. The first kappa shape index (κ1) is 14.2. The molecule has 1 aliphatic rings. The minimum Gasteiger partial charge on any atom is -0.454 e. The minimum absolute atomic E-state index is 0.223. The molecule has 2 aromatic carbocycles. The quantitative estimate of drug-likeness (QED) is 0.912. The maximum Gasteiger partial charge on any atom is 0.315 e. The third-order valence-electron chi connectivity index (χ3n) is 3.23. The lowest BCUT2D eigenvalue weighted by Gasteiger charge is -2.08. The topological polar surface area (TPSA) is 59.6 Å². The monoisotopic (exact) mass is 302 g/mol. The Morgan fingerprint density at radius 3 is 2.50 bits per heavy atom. The van der Waals surface area contributed by atoms with Gasteiger partial charge in [0.2, 0.25) is 6.79 Å². The van der Waals surface area contributed by atoms with Gasteiger partial charge in [-0.2, -0.15) is 0 Å². The van der Waals surface area contributed by atoms with Gasteiger partial charge in [-0.15, -0.1) is 0 Å². The van der Waals surface area contributed by atoms with Gasteiger partial charge in [-0.05, 0) is 35.4 Å². The van der Waals surface area contributed by atoms with E-state index >= 15 is 0 Å². The fraction of sp³-hybridized carbons (Fsp3) is 0.188. The Balaban J connectivity index is 1.48. The zero-order chi connectivity index (χ0) is 15.4. The first-order valence-corrected chi connectivity index (χ1v) is 6.85. The number of benzene rings is 2. The molecule has 0 fully saturated rings. The van der Waals surface area contributed by atoms with E-state index in [0.29, 0.717) is 23.6 Å². The van der Waals surface area contributed by atoms with Crippen molar-refractivity contribution >= 4 is 6.03 Å². The minimum atomic E-state index is -0.319. The molecule has 2 amide bonds. The number of ether oxygens (including phenoxy) is 2. The number of amides is 2. The molecule has 3 rings (SSSR count). The Hall–Kier alpha value is -2.76. The zero-order valence-corrected chi connectivity index (χ0v) is 11.8. The summed E-state index contributed by atoms with van der Waals surface area (Å²) in [6.45, 7) is 0.858. The lowest BCUT2D eigenvalue weighted by Crippen LogP contribution is -2.34. The Labute approximate surface area is 127 Å². The van der Waals surface area contributed by atoms with Crippen molar-refractivity contribution in [2.45, 2.75) is 13.1 Å². The molecule has 22 heavy (non-hydrogen) atoms. The lowest BCUT2D eigenvalue weighted by atomic mass is 10.2. The van der Waals surface area contributed by atoms with Crippen LogP contribution in [0.4, 0.5) is 9.18 Å². The van der Waals surface area contributed by atoms with Gasteiger partial charge < -0.3 is 20.1 Å². The van der Waals surface area contributed by atoms with Crippen molar-refractivity contribution in [3.8, 4) is 11.5 Å². The molecule has 5 nitrogen and oxygen atoms in total. The van der Waals surface area contributed by atoms with E-state index in [9.17, 15) is 9.18 Å². The van der Waals surface area contributed by atoms with E-state index in [2.05, 4.69) is 10.6 Å². The van der Waals surface area contributed by atoms with E-state index in [0.717, 1.165) is 5.56 Å². The van der Waals surface area contributed by atoms with Gasteiger partial charge in [0.05, 0.1) is 0 Å². The summed E-state index contributed by atoms with van der Waals surface area (Å²) in [6, 6.07) is 11.3. The molecule has 114 valence electrons. The SMILES string of the molecule is O=C(NCc1cccc(F)c1)NCc1ccc2c(c1)OCO2.